The largest absolute Gasteiger partial charge is 0.457 e. The van der Waals surface area contributed by atoms with Crippen molar-refractivity contribution in [1.82, 2.24) is 0 Å². The van der Waals surface area contributed by atoms with E-state index in [1.165, 1.54) is 89.9 Å². The molecule has 4 N–H and O–H groups in total. The van der Waals surface area contributed by atoms with Crippen LogP contribution in [0.3, 0.4) is 0 Å². The molecule has 1 heterocycles. The molecule has 0 saturated carbocycles. The third kappa shape index (κ3) is 22.7. The van der Waals surface area contributed by atoms with Crippen LogP contribution < -0.4 is 0 Å². The normalized spacial score (nSPS) is 22.2. The summed E-state index contributed by atoms with van der Waals surface area (Å²) in [5, 5.41) is 30.4. The summed E-state index contributed by atoms with van der Waals surface area (Å²) in [7, 11) is -5.05. The average molecular weight is 713 g/mol. The van der Waals surface area contributed by atoms with Crippen molar-refractivity contribution in [2.24, 2.45) is 0 Å². The molecule has 0 radical (unpaired) electrons. The van der Waals surface area contributed by atoms with Crippen LogP contribution in [0.25, 0.3) is 0 Å². The number of carbonyl (C=O) groups excluding carboxylic acids is 1. The second-order valence-corrected chi connectivity index (χ2v) is 14.2. The lowest BCUT2D eigenvalue weighted by atomic mass is 9.99. The third-order valence-corrected chi connectivity index (χ3v) is 9.19. The van der Waals surface area contributed by atoms with Crippen LogP contribution in [0.2, 0.25) is 0 Å². The number of hydrogen-bond acceptors (Lipinski definition) is 11. The van der Waals surface area contributed by atoms with Crippen molar-refractivity contribution < 1.29 is 56.2 Å². The second kappa shape index (κ2) is 28.8. The van der Waals surface area contributed by atoms with Crippen molar-refractivity contribution in [3.8, 4) is 0 Å². The lowest BCUT2D eigenvalue weighted by molar-refractivity contribution is -0.301. The standard InChI is InChI=1S/C35H68O12S/c1-3-5-7-9-11-13-15-16-18-20-22-24-31(37)45-29(27-43-25-23-21-19-17-14-12-10-8-6-4-2)28-44-35-33(39)34(47-48(40,41)42)32(38)30(26-36)46-35/h29-30,32-36,38-39H,3-28H2,1-2H3,(H,40,41,42). The van der Waals surface area contributed by atoms with Gasteiger partial charge in [0.25, 0.3) is 0 Å². The lowest BCUT2D eigenvalue weighted by Crippen LogP contribution is -2.60. The van der Waals surface area contributed by atoms with E-state index in [4.69, 9.17) is 23.5 Å². The highest BCUT2D eigenvalue weighted by Crippen LogP contribution is 2.26. The maximum atomic E-state index is 12.7. The number of aliphatic hydroxyl groups is 3. The van der Waals surface area contributed by atoms with Crippen LogP contribution in [0.15, 0.2) is 0 Å². The Hall–Kier alpha value is -0.900. The molecule has 0 aromatic carbocycles. The van der Waals surface area contributed by atoms with Crippen LogP contribution in [0.1, 0.15) is 155 Å². The first-order valence-electron chi connectivity index (χ1n) is 18.8. The van der Waals surface area contributed by atoms with Gasteiger partial charge in [0.1, 0.15) is 30.5 Å². The molecule has 1 rings (SSSR count). The van der Waals surface area contributed by atoms with Crippen molar-refractivity contribution in [3.05, 3.63) is 0 Å². The number of carbonyl (C=O) groups is 1. The monoisotopic (exact) mass is 712 g/mol. The minimum Gasteiger partial charge on any atom is -0.457 e. The molecule has 0 spiro atoms. The molecule has 12 nitrogen and oxygen atoms in total. The Morgan fingerprint density at radius 2 is 1.19 bits per heavy atom. The number of hydrogen-bond donors (Lipinski definition) is 4. The van der Waals surface area contributed by atoms with E-state index in [0.29, 0.717) is 13.0 Å². The Kier molecular flexibility index (Phi) is 27.0. The molecule has 1 aliphatic heterocycles. The fourth-order valence-corrected chi connectivity index (χ4v) is 6.36. The van der Waals surface area contributed by atoms with Crippen molar-refractivity contribution in [1.29, 1.82) is 0 Å². The van der Waals surface area contributed by atoms with Gasteiger partial charge in [0, 0.05) is 13.0 Å². The third-order valence-electron chi connectivity index (χ3n) is 8.73. The molecule has 13 heteroatoms. The fraction of sp³-hybridized carbons (Fsp3) is 0.971. The lowest BCUT2D eigenvalue weighted by Gasteiger charge is -2.41. The van der Waals surface area contributed by atoms with Crippen molar-refractivity contribution in [3.63, 3.8) is 0 Å². The molecule has 0 aromatic heterocycles. The van der Waals surface area contributed by atoms with Crippen LogP contribution in [-0.4, -0.2) is 97.5 Å². The van der Waals surface area contributed by atoms with Gasteiger partial charge in [-0.25, -0.2) is 4.18 Å². The smallest absolute Gasteiger partial charge is 0.397 e. The van der Waals surface area contributed by atoms with Crippen LogP contribution in [0.5, 0.6) is 0 Å². The predicted octanol–water partition coefficient (Wildman–Crippen LogP) is 6.18. The molecule has 286 valence electrons. The Labute approximate surface area is 290 Å². The Morgan fingerprint density at radius 3 is 1.67 bits per heavy atom. The molecule has 1 saturated heterocycles. The summed E-state index contributed by atoms with van der Waals surface area (Å²) in [4.78, 5) is 12.7. The van der Waals surface area contributed by atoms with Gasteiger partial charge in [0.2, 0.25) is 0 Å². The first-order valence-corrected chi connectivity index (χ1v) is 20.2. The number of aliphatic hydroxyl groups excluding tert-OH is 3. The molecule has 1 aliphatic rings. The molecule has 0 amide bonds. The number of esters is 1. The SMILES string of the molecule is CCCCCCCCCCCCCC(=O)OC(COCCCCCCCCCCCC)COC1OC(CO)C(O)C(OS(=O)(=O)O)C1O. The molecule has 0 bridgehead atoms. The first kappa shape index (κ1) is 45.1. The topological polar surface area (TPSA) is 178 Å². The zero-order chi connectivity index (χ0) is 35.5. The van der Waals surface area contributed by atoms with Gasteiger partial charge in [-0.2, -0.15) is 8.42 Å². The van der Waals surface area contributed by atoms with E-state index in [1.54, 1.807) is 0 Å². The summed E-state index contributed by atoms with van der Waals surface area (Å²) in [5.74, 6) is -0.400. The van der Waals surface area contributed by atoms with Crippen LogP contribution in [0.4, 0.5) is 0 Å². The second-order valence-electron chi connectivity index (χ2n) is 13.2. The number of ether oxygens (including phenoxy) is 4. The number of rotatable bonds is 32. The summed E-state index contributed by atoms with van der Waals surface area (Å²) in [6.07, 6.45) is 15.8. The molecule has 1 fully saturated rings. The van der Waals surface area contributed by atoms with E-state index in [-0.39, 0.29) is 19.6 Å². The minimum atomic E-state index is -5.05. The van der Waals surface area contributed by atoms with E-state index < -0.39 is 59.8 Å². The van der Waals surface area contributed by atoms with E-state index in [1.807, 2.05) is 0 Å². The summed E-state index contributed by atoms with van der Waals surface area (Å²) >= 11 is 0. The Morgan fingerprint density at radius 1 is 0.708 bits per heavy atom. The predicted molar refractivity (Wildman–Crippen MR) is 184 cm³/mol. The van der Waals surface area contributed by atoms with Gasteiger partial charge in [0.15, 0.2) is 6.29 Å². The molecular weight excluding hydrogens is 644 g/mol. The van der Waals surface area contributed by atoms with Gasteiger partial charge in [-0.1, -0.05) is 136 Å². The van der Waals surface area contributed by atoms with Crippen LogP contribution in [0, 0.1) is 0 Å². The maximum Gasteiger partial charge on any atom is 0.397 e. The van der Waals surface area contributed by atoms with Crippen LogP contribution >= 0.6 is 0 Å². The summed E-state index contributed by atoms with van der Waals surface area (Å²) < 4.78 is 58.6. The van der Waals surface area contributed by atoms with Gasteiger partial charge in [0.05, 0.1) is 19.8 Å². The van der Waals surface area contributed by atoms with Gasteiger partial charge in [-0.15, -0.1) is 0 Å². The van der Waals surface area contributed by atoms with E-state index in [9.17, 15) is 28.5 Å². The van der Waals surface area contributed by atoms with E-state index in [0.717, 1.165) is 38.5 Å². The van der Waals surface area contributed by atoms with Gasteiger partial charge >= 0.3 is 16.4 Å². The highest BCUT2D eigenvalue weighted by atomic mass is 32.3. The molecule has 0 aliphatic carbocycles. The minimum absolute atomic E-state index is 0.0429. The van der Waals surface area contributed by atoms with Crippen molar-refractivity contribution in [2.75, 3.05) is 26.4 Å². The first-order chi connectivity index (χ1) is 23.1. The van der Waals surface area contributed by atoms with Crippen molar-refractivity contribution >= 4 is 16.4 Å². The van der Waals surface area contributed by atoms with Gasteiger partial charge in [-0.05, 0) is 12.8 Å². The Bertz CT molecular complexity index is 874. The average Bonchev–Trinajstić information content (AvgIpc) is 3.05. The van der Waals surface area contributed by atoms with Gasteiger partial charge in [-0.3, -0.25) is 9.35 Å². The number of unbranched alkanes of at least 4 members (excludes halogenated alkanes) is 19. The van der Waals surface area contributed by atoms with Crippen LogP contribution in [-0.2, 0) is 38.3 Å². The Balaban J connectivity index is 2.53. The molecule has 48 heavy (non-hydrogen) atoms. The van der Waals surface area contributed by atoms with Gasteiger partial charge < -0.3 is 34.3 Å². The highest BCUT2D eigenvalue weighted by molar-refractivity contribution is 7.80. The summed E-state index contributed by atoms with van der Waals surface area (Å²) in [5.41, 5.74) is 0. The molecule has 0 aromatic rings. The zero-order valence-electron chi connectivity index (χ0n) is 29.8. The molecule has 6 atom stereocenters. The summed E-state index contributed by atoms with van der Waals surface area (Å²) in [6.45, 7) is 3.96. The van der Waals surface area contributed by atoms with E-state index >= 15 is 0 Å². The van der Waals surface area contributed by atoms with E-state index in [2.05, 4.69) is 18.0 Å². The fourth-order valence-electron chi connectivity index (χ4n) is 5.85. The molecular formula is C35H68O12S. The maximum absolute atomic E-state index is 12.7. The highest BCUT2D eigenvalue weighted by Gasteiger charge is 2.48. The quantitative estimate of drug-likeness (QED) is 0.0354. The summed E-state index contributed by atoms with van der Waals surface area (Å²) in [6, 6.07) is 0. The molecule has 6 unspecified atom stereocenters. The zero-order valence-corrected chi connectivity index (χ0v) is 30.6. The van der Waals surface area contributed by atoms with Crippen molar-refractivity contribution in [2.45, 2.75) is 192 Å².